The SMILES string of the molecule is COC(=O)[C@H]1C[C@H](O[Si](c2ccccc2)(c2ccccc2)C(C)(C)C)C1. The smallest absolute Gasteiger partial charge is 0.308 e. The summed E-state index contributed by atoms with van der Waals surface area (Å²) < 4.78 is 11.9. The molecule has 2 aromatic carbocycles. The van der Waals surface area contributed by atoms with Gasteiger partial charge in [-0.3, -0.25) is 4.79 Å². The van der Waals surface area contributed by atoms with Gasteiger partial charge in [0.05, 0.1) is 13.0 Å². The molecule has 1 fully saturated rings. The lowest BCUT2D eigenvalue weighted by Crippen LogP contribution is -2.68. The fraction of sp³-hybridized carbons (Fsp3) is 0.409. The first-order chi connectivity index (χ1) is 12.4. The standard InChI is InChI=1S/C22H28O3Si/c1-22(2,3)26(19-11-7-5-8-12-19,20-13-9-6-10-14-20)25-18-15-17(16-18)21(23)24-4/h5-14,17-18H,15-16H2,1-4H3/t17-,18-. The molecule has 1 aliphatic rings. The summed E-state index contributed by atoms with van der Waals surface area (Å²) in [5, 5.41) is 2.52. The molecule has 2 aromatic rings. The quantitative estimate of drug-likeness (QED) is 0.598. The maximum atomic E-state index is 11.8. The summed E-state index contributed by atoms with van der Waals surface area (Å²) >= 11 is 0. The second-order valence-corrected chi connectivity index (χ2v) is 12.3. The highest BCUT2D eigenvalue weighted by Gasteiger charge is 2.53. The van der Waals surface area contributed by atoms with Crippen LogP contribution in [0.15, 0.2) is 60.7 Å². The van der Waals surface area contributed by atoms with Gasteiger partial charge in [0.25, 0.3) is 8.32 Å². The highest BCUT2D eigenvalue weighted by Crippen LogP contribution is 2.41. The molecule has 0 radical (unpaired) electrons. The third-order valence-electron chi connectivity index (χ3n) is 5.39. The molecule has 0 heterocycles. The average molecular weight is 369 g/mol. The number of hydrogen-bond acceptors (Lipinski definition) is 3. The molecule has 0 aromatic heterocycles. The Kier molecular flexibility index (Phi) is 5.35. The third kappa shape index (κ3) is 3.36. The van der Waals surface area contributed by atoms with Crippen molar-refractivity contribution in [2.24, 2.45) is 5.92 Å². The molecule has 0 atom stereocenters. The van der Waals surface area contributed by atoms with E-state index in [4.69, 9.17) is 9.16 Å². The largest absolute Gasteiger partial charge is 0.469 e. The van der Waals surface area contributed by atoms with Crippen LogP contribution in [0.4, 0.5) is 0 Å². The van der Waals surface area contributed by atoms with E-state index in [2.05, 4.69) is 69.3 Å². The molecule has 0 N–H and O–H groups in total. The number of esters is 1. The molecule has 1 aliphatic carbocycles. The van der Waals surface area contributed by atoms with E-state index < -0.39 is 8.32 Å². The molecule has 3 nitrogen and oxygen atoms in total. The predicted octanol–water partition coefficient (Wildman–Crippen LogP) is 3.51. The molecule has 138 valence electrons. The second-order valence-electron chi connectivity index (χ2n) is 8.09. The van der Waals surface area contributed by atoms with Crippen LogP contribution in [0.3, 0.4) is 0 Å². The van der Waals surface area contributed by atoms with E-state index >= 15 is 0 Å². The van der Waals surface area contributed by atoms with Crippen molar-refractivity contribution in [3.05, 3.63) is 60.7 Å². The Morgan fingerprint density at radius 1 is 0.923 bits per heavy atom. The van der Waals surface area contributed by atoms with Crippen LogP contribution in [0, 0.1) is 5.92 Å². The summed E-state index contributed by atoms with van der Waals surface area (Å²) in [6.07, 6.45) is 1.60. The zero-order valence-corrected chi connectivity index (χ0v) is 17.1. The minimum absolute atomic E-state index is 0.0248. The van der Waals surface area contributed by atoms with Gasteiger partial charge in [0.2, 0.25) is 0 Å². The van der Waals surface area contributed by atoms with E-state index in [1.807, 2.05) is 12.1 Å². The van der Waals surface area contributed by atoms with Gasteiger partial charge in [-0.05, 0) is 28.3 Å². The molecule has 0 aliphatic heterocycles. The van der Waals surface area contributed by atoms with Crippen molar-refractivity contribution < 1.29 is 14.0 Å². The molecule has 0 spiro atoms. The topological polar surface area (TPSA) is 35.5 Å². The van der Waals surface area contributed by atoms with Crippen LogP contribution in [0.25, 0.3) is 0 Å². The number of carbonyl (C=O) groups is 1. The van der Waals surface area contributed by atoms with Crippen LogP contribution in [0.5, 0.6) is 0 Å². The van der Waals surface area contributed by atoms with Gasteiger partial charge in [-0.2, -0.15) is 0 Å². The molecule has 1 saturated carbocycles. The van der Waals surface area contributed by atoms with E-state index in [-0.39, 0.29) is 23.0 Å². The lowest BCUT2D eigenvalue weighted by Gasteiger charge is -2.48. The summed E-state index contributed by atoms with van der Waals surface area (Å²) in [6, 6.07) is 21.2. The van der Waals surface area contributed by atoms with Crippen molar-refractivity contribution in [2.75, 3.05) is 7.11 Å². The zero-order valence-electron chi connectivity index (χ0n) is 16.1. The van der Waals surface area contributed by atoms with Crippen molar-refractivity contribution >= 4 is 24.7 Å². The number of carbonyl (C=O) groups excluding carboxylic acids is 1. The van der Waals surface area contributed by atoms with Gasteiger partial charge >= 0.3 is 5.97 Å². The van der Waals surface area contributed by atoms with E-state index in [1.54, 1.807) is 0 Å². The fourth-order valence-corrected chi connectivity index (χ4v) is 8.67. The van der Waals surface area contributed by atoms with Gasteiger partial charge in [0.15, 0.2) is 0 Å². The molecule has 26 heavy (non-hydrogen) atoms. The van der Waals surface area contributed by atoms with Crippen molar-refractivity contribution in [3.8, 4) is 0 Å². The van der Waals surface area contributed by atoms with Crippen LogP contribution in [-0.4, -0.2) is 27.5 Å². The number of methoxy groups -OCH3 is 1. The van der Waals surface area contributed by atoms with Gasteiger partial charge in [0.1, 0.15) is 0 Å². The Morgan fingerprint density at radius 3 is 1.77 bits per heavy atom. The summed E-state index contributed by atoms with van der Waals surface area (Å²) in [7, 11) is -1.05. The van der Waals surface area contributed by atoms with E-state index in [0.717, 1.165) is 12.8 Å². The third-order valence-corrected chi connectivity index (χ3v) is 10.5. The van der Waals surface area contributed by atoms with Crippen LogP contribution < -0.4 is 10.4 Å². The van der Waals surface area contributed by atoms with E-state index in [1.165, 1.54) is 17.5 Å². The van der Waals surface area contributed by atoms with Crippen LogP contribution >= 0.6 is 0 Å². The monoisotopic (exact) mass is 368 g/mol. The van der Waals surface area contributed by atoms with Gasteiger partial charge in [-0.25, -0.2) is 0 Å². The number of ether oxygens (including phenoxy) is 1. The fourth-order valence-electron chi connectivity index (χ4n) is 3.96. The molecule has 0 amide bonds. The molecule has 3 rings (SSSR count). The van der Waals surface area contributed by atoms with Gasteiger partial charge in [0, 0.05) is 6.10 Å². The minimum Gasteiger partial charge on any atom is -0.469 e. The number of rotatable bonds is 5. The lowest BCUT2D eigenvalue weighted by atomic mass is 9.83. The first-order valence-electron chi connectivity index (χ1n) is 9.25. The first kappa shape index (κ1) is 18.9. The molecule has 0 unspecified atom stereocenters. The molecule has 0 saturated heterocycles. The van der Waals surface area contributed by atoms with Crippen molar-refractivity contribution in [3.63, 3.8) is 0 Å². The summed E-state index contributed by atoms with van der Waals surface area (Å²) in [4.78, 5) is 11.8. The average Bonchev–Trinajstić information content (AvgIpc) is 2.61. The molecular weight excluding hydrogens is 340 g/mol. The Morgan fingerprint density at radius 2 is 1.38 bits per heavy atom. The summed E-state index contributed by atoms with van der Waals surface area (Å²) in [5.41, 5.74) is 0. The molecular formula is C22H28O3Si. The Hall–Kier alpha value is -1.91. The number of benzene rings is 2. The first-order valence-corrected chi connectivity index (χ1v) is 11.2. The summed E-state index contributed by atoms with van der Waals surface area (Å²) in [6.45, 7) is 6.82. The normalized spacial score (nSPS) is 20.3. The van der Waals surface area contributed by atoms with Crippen molar-refractivity contribution in [1.82, 2.24) is 0 Å². The van der Waals surface area contributed by atoms with Gasteiger partial charge < -0.3 is 9.16 Å². The van der Waals surface area contributed by atoms with Crippen LogP contribution in [-0.2, 0) is 14.0 Å². The lowest BCUT2D eigenvalue weighted by molar-refractivity contribution is -0.151. The highest BCUT2D eigenvalue weighted by atomic mass is 28.4. The second kappa shape index (κ2) is 7.37. The maximum absolute atomic E-state index is 11.8. The molecule has 0 bridgehead atoms. The van der Waals surface area contributed by atoms with Crippen LogP contribution in [0.1, 0.15) is 33.6 Å². The predicted molar refractivity (Wildman–Crippen MR) is 107 cm³/mol. The Balaban J connectivity index is 2.01. The van der Waals surface area contributed by atoms with E-state index in [9.17, 15) is 4.79 Å². The summed E-state index contributed by atoms with van der Waals surface area (Å²) in [5.74, 6) is -0.143. The maximum Gasteiger partial charge on any atom is 0.308 e. The zero-order chi connectivity index (χ0) is 18.8. The van der Waals surface area contributed by atoms with Crippen molar-refractivity contribution in [1.29, 1.82) is 0 Å². The minimum atomic E-state index is -2.51. The Labute approximate surface area is 157 Å². The van der Waals surface area contributed by atoms with Gasteiger partial charge in [-0.1, -0.05) is 81.4 Å². The van der Waals surface area contributed by atoms with Gasteiger partial charge in [-0.15, -0.1) is 0 Å². The van der Waals surface area contributed by atoms with E-state index in [0.29, 0.717) is 0 Å². The van der Waals surface area contributed by atoms with Crippen LogP contribution in [0.2, 0.25) is 5.04 Å². The molecule has 4 heteroatoms. The Bertz CT molecular complexity index is 691. The van der Waals surface area contributed by atoms with Crippen molar-refractivity contribution in [2.45, 2.75) is 44.8 Å². The highest BCUT2D eigenvalue weighted by molar-refractivity contribution is 6.99. The number of hydrogen-bond donors (Lipinski definition) is 0.